The molecule has 0 saturated carbocycles. The molecule has 102 valence electrons. The van der Waals surface area contributed by atoms with Crippen LogP contribution in [-0.4, -0.2) is 21.8 Å². The lowest BCUT2D eigenvalue weighted by molar-refractivity contribution is 0.274. The maximum Gasteiger partial charge on any atom is 0.124 e. The average Bonchev–Trinajstić information content (AvgIpc) is 2.88. The molecule has 0 bridgehead atoms. The molecule has 4 heteroatoms. The minimum Gasteiger partial charge on any atom is -0.496 e. The van der Waals surface area contributed by atoms with Gasteiger partial charge in [-0.3, -0.25) is 0 Å². The van der Waals surface area contributed by atoms with Gasteiger partial charge in [0.05, 0.1) is 31.1 Å². The molecular weight excluding hydrogens is 252 g/mol. The third kappa shape index (κ3) is 1.94. The van der Waals surface area contributed by atoms with Crippen LogP contribution >= 0.6 is 0 Å². The molecule has 4 nitrogen and oxygen atoms in total. The van der Waals surface area contributed by atoms with Crippen molar-refractivity contribution < 1.29 is 9.84 Å². The number of aliphatic hydroxyl groups excluding tert-OH is 1. The molecule has 2 aromatic carbocycles. The number of para-hydroxylation sites is 1. The smallest absolute Gasteiger partial charge is 0.124 e. The Morgan fingerprint density at radius 1 is 1.25 bits per heavy atom. The number of aliphatic hydroxyl groups is 1. The Hall–Kier alpha value is -2.33. The Labute approximate surface area is 117 Å². The van der Waals surface area contributed by atoms with Gasteiger partial charge in [-0.05, 0) is 17.7 Å². The van der Waals surface area contributed by atoms with Crippen LogP contribution in [0.3, 0.4) is 0 Å². The molecule has 0 unspecified atom stereocenters. The Bertz CT molecular complexity index is 762. The van der Waals surface area contributed by atoms with Crippen molar-refractivity contribution in [2.75, 3.05) is 7.11 Å². The van der Waals surface area contributed by atoms with Gasteiger partial charge in [0.15, 0.2) is 0 Å². The fourth-order valence-electron chi connectivity index (χ4n) is 2.43. The summed E-state index contributed by atoms with van der Waals surface area (Å²) in [6.45, 7) is -0.0305. The Kier molecular flexibility index (Phi) is 3.16. The van der Waals surface area contributed by atoms with Crippen LogP contribution < -0.4 is 4.74 Å². The summed E-state index contributed by atoms with van der Waals surface area (Å²) in [6, 6.07) is 11.9. The van der Waals surface area contributed by atoms with Crippen molar-refractivity contribution in [3.63, 3.8) is 0 Å². The molecule has 0 amide bonds. The largest absolute Gasteiger partial charge is 0.496 e. The van der Waals surface area contributed by atoms with Crippen LogP contribution in [0.5, 0.6) is 5.75 Å². The third-order valence-electron chi connectivity index (χ3n) is 3.52. The van der Waals surface area contributed by atoms with Crippen molar-refractivity contribution in [1.29, 1.82) is 0 Å². The topological polar surface area (TPSA) is 47.3 Å². The quantitative estimate of drug-likeness (QED) is 0.794. The number of hydrogen-bond acceptors (Lipinski definition) is 3. The molecule has 0 aliphatic rings. The first-order chi connectivity index (χ1) is 9.74. The van der Waals surface area contributed by atoms with E-state index in [1.165, 1.54) is 0 Å². The molecule has 3 aromatic rings. The van der Waals surface area contributed by atoms with E-state index in [0.717, 1.165) is 27.7 Å². The molecule has 0 aliphatic carbocycles. The SMILES string of the molecule is COc1cc(-c2cccc3c2ncn3C)ccc1CO. The first kappa shape index (κ1) is 12.7. The van der Waals surface area contributed by atoms with Crippen LogP contribution in [-0.2, 0) is 13.7 Å². The number of hydrogen-bond donors (Lipinski definition) is 1. The predicted octanol–water partition coefficient (Wildman–Crippen LogP) is 2.74. The fraction of sp³-hybridized carbons (Fsp3) is 0.188. The maximum atomic E-state index is 9.29. The lowest BCUT2D eigenvalue weighted by atomic mass is 10.0. The molecule has 0 atom stereocenters. The van der Waals surface area contributed by atoms with E-state index in [-0.39, 0.29) is 6.61 Å². The lowest BCUT2D eigenvalue weighted by Crippen LogP contribution is -1.92. The zero-order chi connectivity index (χ0) is 14.1. The zero-order valence-electron chi connectivity index (χ0n) is 11.5. The summed E-state index contributed by atoms with van der Waals surface area (Å²) >= 11 is 0. The van der Waals surface area contributed by atoms with Crippen LogP contribution in [0, 0.1) is 0 Å². The number of ether oxygens (including phenoxy) is 1. The summed E-state index contributed by atoms with van der Waals surface area (Å²) in [5.74, 6) is 0.693. The van der Waals surface area contributed by atoms with Gasteiger partial charge in [0.1, 0.15) is 5.75 Å². The standard InChI is InChI=1S/C16H16N2O2/c1-18-10-17-16-13(4-3-5-14(16)18)11-6-7-12(9-19)15(8-11)20-2/h3-8,10,19H,9H2,1-2H3. The molecule has 0 saturated heterocycles. The average molecular weight is 268 g/mol. The second-order valence-corrected chi connectivity index (χ2v) is 4.71. The van der Waals surface area contributed by atoms with E-state index in [2.05, 4.69) is 4.98 Å². The minimum absolute atomic E-state index is 0.0305. The van der Waals surface area contributed by atoms with Gasteiger partial charge in [0.2, 0.25) is 0 Å². The van der Waals surface area contributed by atoms with Gasteiger partial charge >= 0.3 is 0 Å². The Balaban J connectivity index is 2.20. The van der Waals surface area contributed by atoms with Gasteiger partial charge in [-0.1, -0.05) is 24.3 Å². The zero-order valence-corrected chi connectivity index (χ0v) is 11.5. The van der Waals surface area contributed by atoms with Crippen molar-refractivity contribution in [2.24, 2.45) is 7.05 Å². The van der Waals surface area contributed by atoms with Crippen molar-refractivity contribution in [3.05, 3.63) is 48.3 Å². The molecule has 0 aliphatic heterocycles. The summed E-state index contributed by atoms with van der Waals surface area (Å²) in [4.78, 5) is 4.47. The van der Waals surface area contributed by atoms with E-state index in [1.807, 2.05) is 54.3 Å². The van der Waals surface area contributed by atoms with Gasteiger partial charge in [0.25, 0.3) is 0 Å². The lowest BCUT2D eigenvalue weighted by Gasteiger charge is -2.09. The van der Waals surface area contributed by atoms with Crippen molar-refractivity contribution >= 4 is 11.0 Å². The van der Waals surface area contributed by atoms with E-state index >= 15 is 0 Å². The summed E-state index contributed by atoms with van der Waals surface area (Å²) in [5.41, 5.74) is 4.93. The van der Waals surface area contributed by atoms with Gasteiger partial charge < -0.3 is 14.4 Å². The van der Waals surface area contributed by atoms with Crippen molar-refractivity contribution in [3.8, 4) is 16.9 Å². The number of rotatable bonds is 3. The van der Waals surface area contributed by atoms with Crippen LogP contribution in [0.25, 0.3) is 22.2 Å². The summed E-state index contributed by atoms with van der Waals surface area (Å²) in [5, 5.41) is 9.29. The number of imidazole rings is 1. The fourth-order valence-corrected chi connectivity index (χ4v) is 2.43. The van der Waals surface area contributed by atoms with E-state index in [4.69, 9.17) is 4.74 Å². The number of aryl methyl sites for hydroxylation is 1. The Morgan fingerprint density at radius 3 is 2.85 bits per heavy atom. The highest BCUT2D eigenvalue weighted by Gasteiger charge is 2.10. The number of benzene rings is 2. The molecule has 1 N–H and O–H groups in total. The van der Waals surface area contributed by atoms with Gasteiger partial charge in [0, 0.05) is 18.2 Å². The minimum atomic E-state index is -0.0305. The highest BCUT2D eigenvalue weighted by atomic mass is 16.5. The maximum absolute atomic E-state index is 9.29. The number of methoxy groups -OCH3 is 1. The van der Waals surface area contributed by atoms with E-state index in [0.29, 0.717) is 5.75 Å². The molecule has 0 spiro atoms. The van der Waals surface area contributed by atoms with Crippen molar-refractivity contribution in [2.45, 2.75) is 6.61 Å². The third-order valence-corrected chi connectivity index (χ3v) is 3.52. The molecule has 3 rings (SSSR count). The van der Waals surface area contributed by atoms with E-state index in [1.54, 1.807) is 7.11 Å². The van der Waals surface area contributed by atoms with E-state index in [9.17, 15) is 5.11 Å². The number of fused-ring (bicyclic) bond motifs is 1. The highest BCUT2D eigenvalue weighted by Crippen LogP contribution is 2.31. The predicted molar refractivity (Wildman–Crippen MR) is 78.6 cm³/mol. The van der Waals surface area contributed by atoms with Gasteiger partial charge in [-0.15, -0.1) is 0 Å². The van der Waals surface area contributed by atoms with Gasteiger partial charge in [-0.25, -0.2) is 4.98 Å². The first-order valence-corrected chi connectivity index (χ1v) is 6.43. The molecule has 0 radical (unpaired) electrons. The molecule has 0 fully saturated rings. The normalized spacial score (nSPS) is 10.9. The summed E-state index contributed by atoms with van der Waals surface area (Å²) < 4.78 is 7.33. The van der Waals surface area contributed by atoms with Gasteiger partial charge in [-0.2, -0.15) is 0 Å². The second kappa shape index (κ2) is 4.98. The first-order valence-electron chi connectivity index (χ1n) is 6.43. The van der Waals surface area contributed by atoms with E-state index < -0.39 is 0 Å². The molecule has 20 heavy (non-hydrogen) atoms. The number of aromatic nitrogens is 2. The highest BCUT2D eigenvalue weighted by molar-refractivity contribution is 5.92. The summed E-state index contributed by atoms with van der Waals surface area (Å²) in [6.07, 6.45) is 1.81. The number of nitrogens with zero attached hydrogens (tertiary/aromatic N) is 2. The van der Waals surface area contributed by atoms with Crippen LogP contribution in [0.1, 0.15) is 5.56 Å². The van der Waals surface area contributed by atoms with Crippen LogP contribution in [0.15, 0.2) is 42.7 Å². The second-order valence-electron chi connectivity index (χ2n) is 4.71. The summed E-state index contributed by atoms with van der Waals surface area (Å²) in [7, 11) is 3.59. The van der Waals surface area contributed by atoms with Crippen molar-refractivity contribution in [1.82, 2.24) is 9.55 Å². The monoisotopic (exact) mass is 268 g/mol. The molecule has 1 aromatic heterocycles. The van der Waals surface area contributed by atoms with Crippen LogP contribution in [0.4, 0.5) is 0 Å². The molecule has 1 heterocycles. The van der Waals surface area contributed by atoms with Crippen LogP contribution in [0.2, 0.25) is 0 Å². The Morgan fingerprint density at radius 2 is 2.10 bits per heavy atom. The molecular formula is C16H16N2O2.